The Bertz CT molecular complexity index is 509. The largest absolute Gasteiger partial charge is 0.378 e. The van der Waals surface area contributed by atoms with Crippen molar-refractivity contribution in [2.24, 2.45) is 5.73 Å². The van der Waals surface area contributed by atoms with Gasteiger partial charge < -0.3 is 19.9 Å². The van der Waals surface area contributed by atoms with Crippen LogP contribution in [-0.2, 0) is 14.6 Å². The molecule has 1 aromatic rings. The zero-order valence-electron chi connectivity index (χ0n) is 10.8. The van der Waals surface area contributed by atoms with E-state index in [-0.39, 0.29) is 18.1 Å². The Balaban J connectivity index is 1.95. The summed E-state index contributed by atoms with van der Waals surface area (Å²) in [7, 11) is -3.04. The first-order valence-corrected chi connectivity index (χ1v) is 8.11. The van der Waals surface area contributed by atoms with E-state index in [1.165, 1.54) is 6.26 Å². The number of anilines is 1. The highest BCUT2D eigenvalue weighted by Crippen LogP contribution is 2.17. The molecule has 1 atom stereocenters. The molecule has 0 aromatic carbocycles. The van der Waals surface area contributed by atoms with Crippen molar-refractivity contribution in [3.05, 3.63) is 5.89 Å². The first-order chi connectivity index (χ1) is 8.96. The molecule has 9 heteroatoms. The number of sulfone groups is 1. The third-order valence-electron chi connectivity index (χ3n) is 2.84. The van der Waals surface area contributed by atoms with Gasteiger partial charge in [0.2, 0.25) is 5.89 Å². The van der Waals surface area contributed by atoms with Gasteiger partial charge in [-0.3, -0.25) is 0 Å². The second-order valence-electron chi connectivity index (χ2n) is 4.56. The minimum atomic E-state index is -3.04. The Morgan fingerprint density at radius 3 is 2.74 bits per heavy atom. The molecule has 2 heterocycles. The van der Waals surface area contributed by atoms with Crippen LogP contribution >= 0.6 is 0 Å². The number of aromatic nitrogens is 2. The molecule has 1 aliphatic heterocycles. The second-order valence-corrected chi connectivity index (χ2v) is 6.82. The van der Waals surface area contributed by atoms with Gasteiger partial charge in [-0.05, 0) is 11.6 Å². The van der Waals surface area contributed by atoms with E-state index in [1.807, 2.05) is 4.90 Å². The van der Waals surface area contributed by atoms with Gasteiger partial charge >= 0.3 is 0 Å². The average molecular weight is 290 g/mol. The lowest BCUT2D eigenvalue weighted by atomic mass is 10.2. The molecule has 8 nitrogen and oxygen atoms in total. The van der Waals surface area contributed by atoms with Gasteiger partial charge in [-0.15, -0.1) is 0 Å². The predicted octanol–water partition coefficient (Wildman–Crippen LogP) is -0.659. The number of hydrogen-bond donors (Lipinski definition) is 1. The molecule has 108 valence electrons. The number of rotatable bonds is 5. The van der Waals surface area contributed by atoms with Crippen LogP contribution in [0.25, 0.3) is 0 Å². The first-order valence-electron chi connectivity index (χ1n) is 6.05. The van der Waals surface area contributed by atoms with E-state index in [9.17, 15) is 8.42 Å². The second kappa shape index (κ2) is 5.85. The van der Waals surface area contributed by atoms with E-state index in [2.05, 4.69) is 10.1 Å². The molecule has 0 amide bonds. The molecule has 0 radical (unpaired) electrons. The summed E-state index contributed by atoms with van der Waals surface area (Å²) in [5.41, 5.74) is 5.84. The van der Waals surface area contributed by atoms with Crippen LogP contribution in [0, 0.1) is 0 Å². The number of nitrogens with zero attached hydrogens (tertiary/aromatic N) is 3. The van der Waals surface area contributed by atoms with Crippen LogP contribution < -0.4 is 10.6 Å². The molecule has 0 aliphatic carbocycles. The van der Waals surface area contributed by atoms with Gasteiger partial charge in [0, 0.05) is 19.3 Å². The molecular formula is C10H18N4O4S. The van der Waals surface area contributed by atoms with E-state index in [4.69, 9.17) is 15.0 Å². The number of morpholine rings is 1. The Hall–Kier alpha value is -1.19. The Kier molecular flexibility index (Phi) is 4.38. The summed E-state index contributed by atoms with van der Waals surface area (Å²) in [6.45, 7) is 2.67. The SMILES string of the molecule is CS(=O)(=O)CCC(N)c1nc(N2CCOCC2)no1. The molecule has 0 saturated carbocycles. The van der Waals surface area contributed by atoms with Gasteiger partial charge in [0.15, 0.2) is 0 Å². The van der Waals surface area contributed by atoms with E-state index >= 15 is 0 Å². The summed E-state index contributed by atoms with van der Waals surface area (Å²) in [4.78, 5) is 6.15. The molecule has 2 rings (SSSR count). The van der Waals surface area contributed by atoms with E-state index in [1.54, 1.807) is 0 Å². The van der Waals surface area contributed by atoms with E-state index in [0.717, 1.165) is 0 Å². The topological polar surface area (TPSA) is 112 Å². The van der Waals surface area contributed by atoms with Gasteiger partial charge in [-0.1, -0.05) is 0 Å². The average Bonchev–Trinajstić information content (AvgIpc) is 2.86. The third kappa shape index (κ3) is 4.15. The third-order valence-corrected chi connectivity index (χ3v) is 3.82. The Morgan fingerprint density at radius 1 is 1.42 bits per heavy atom. The minimum Gasteiger partial charge on any atom is -0.378 e. The molecular weight excluding hydrogens is 272 g/mol. The highest BCUT2D eigenvalue weighted by atomic mass is 32.2. The lowest BCUT2D eigenvalue weighted by Crippen LogP contribution is -2.36. The quantitative estimate of drug-likeness (QED) is 0.760. The van der Waals surface area contributed by atoms with Crippen LogP contribution in [0.1, 0.15) is 18.4 Å². The van der Waals surface area contributed by atoms with Crippen LogP contribution in [0.5, 0.6) is 0 Å². The Labute approximate surface area is 111 Å². The zero-order chi connectivity index (χ0) is 13.9. The van der Waals surface area contributed by atoms with Crippen molar-refractivity contribution in [3.63, 3.8) is 0 Å². The molecule has 1 aliphatic rings. The number of ether oxygens (including phenoxy) is 1. The molecule has 0 spiro atoms. The molecule has 1 unspecified atom stereocenters. The van der Waals surface area contributed by atoms with Crippen molar-refractivity contribution in [2.45, 2.75) is 12.5 Å². The maximum absolute atomic E-state index is 11.1. The highest BCUT2D eigenvalue weighted by molar-refractivity contribution is 7.90. The first kappa shape index (κ1) is 14.2. The number of hydrogen-bond acceptors (Lipinski definition) is 8. The van der Waals surface area contributed by atoms with Crippen molar-refractivity contribution in [2.75, 3.05) is 43.2 Å². The van der Waals surface area contributed by atoms with Crippen molar-refractivity contribution in [3.8, 4) is 0 Å². The van der Waals surface area contributed by atoms with Gasteiger partial charge in [0.25, 0.3) is 5.95 Å². The summed E-state index contributed by atoms with van der Waals surface area (Å²) < 4.78 is 32.5. The summed E-state index contributed by atoms with van der Waals surface area (Å²) in [6, 6.07) is -0.558. The highest BCUT2D eigenvalue weighted by Gasteiger charge is 2.21. The van der Waals surface area contributed by atoms with Crippen molar-refractivity contribution in [1.82, 2.24) is 10.1 Å². The summed E-state index contributed by atoms with van der Waals surface area (Å²) >= 11 is 0. The molecule has 2 N–H and O–H groups in total. The summed E-state index contributed by atoms with van der Waals surface area (Å²) in [6.07, 6.45) is 1.44. The van der Waals surface area contributed by atoms with Gasteiger partial charge in [-0.2, -0.15) is 4.98 Å². The van der Waals surface area contributed by atoms with Crippen molar-refractivity contribution < 1.29 is 17.7 Å². The van der Waals surface area contributed by atoms with Crippen molar-refractivity contribution in [1.29, 1.82) is 0 Å². The predicted molar refractivity (Wildman–Crippen MR) is 68.6 cm³/mol. The fourth-order valence-corrected chi connectivity index (χ4v) is 2.42. The van der Waals surface area contributed by atoms with Crippen LogP contribution in [0.3, 0.4) is 0 Å². The van der Waals surface area contributed by atoms with Crippen LogP contribution in [0.2, 0.25) is 0 Å². The van der Waals surface area contributed by atoms with Crippen LogP contribution in [0.15, 0.2) is 4.52 Å². The van der Waals surface area contributed by atoms with Gasteiger partial charge in [0.1, 0.15) is 9.84 Å². The summed E-state index contributed by atoms with van der Waals surface area (Å²) in [5, 5.41) is 3.86. The normalized spacial score (nSPS) is 18.5. The molecule has 19 heavy (non-hydrogen) atoms. The molecule has 1 fully saturated rings. The lowest BCUT2D eigenvalue weighted by molar-refractivity contribution is 0.121. The fraction of sp³-hybridized carbons (Fsp3) is 0.800. The molecule has 1 saturated heterocycles. The monoisotopic (exact) mass is 290 g/mol. The smallest absolute Gasteiger partial charge is 0.266 e. The van der Waals surface area contributed by atoms with E-state index in [0.29, 0.717) is 32.3 Å². The molecule has 0 bridgehead atoms. The van der Waals surface area contributed by atoms with Crippen LogP contribution in [-0.4, -0.2) is 56.9 Å². The Morgan fingerprint density at radius 2 is 2.11 bits per heavy atom. The van der Waals surface area contributed by atoms with Crippen LogP contribution in [0.4, 0.5) is 5.95 Å². The summed E-state index contributed by atoms with van der Waals surface area (Å²) in [5.74, 6) is 0.752. The van der Waals surface area contributed by atoms with Crippen molar-refractivity contribution >= 4 is 15.8 Å². The number of nitrogens with two attached hydrogens (primary N) is 1. The fourth-order valence-electron chi connectivity index (χ4n) is 1.73. The minimum absolute atomic E-state index is 0.00341. The van der Waals surface area contributed by atoms with E-state index < -0.39 is 15.9 Å². The molecule has 1 aromatic heterocycles. The lowest BCUT2D eigenvalue weighted by Gasteiger charge is -2.24. The van der Waals surface area contributed by atoms with Gasteiger partial charge in [0.05, 0.1) is 25.0 Å². The standard InChI is InChI=1S/C10H18N4O4S/c1-19(15,16)7-2-8(11)9-12-10(13-18-9)14-3-5-17-6-4-14/h8H,2-7,11H2,1H3. The van der Waals surface area contributed by atoms with Gasteiger partial charge in [-0.25, -0.2) is 8.42 Å². The zero-order valence-corrected chi connectivity index (χ0v) is 11.6. The maximum Gasteiger partial charge on any atom is 0.266 e. The maximum atomic E-state index is 11.1.